The topological polar surface area (TPSA) is 78.1 Å². The first-order chi connectivity index (χ1) is 13.8. The van der Waals surface area contributed by atoms with E-state index < -0.39 is 6.04 Å². The predicted molar refractivity (Wildman–Crippen MR) is 113 cm³/mol. The number of nitrogens with zero attached hydrogens (tertiary/aromatic N) is 2. The molecule has 1 atom stereocenters. The number of fused-ring (bicyclic) bond motifs is 1. The normalized spacial score (nSPS) is 12.2. The molecule has 2 amide bonds. The van der Waals surface area contributed by atoms with Crippen LogP contribution >= 0.6 is 11.6 Å². The third-order valence-electron chi connectivity index (χ3n) is 4.56. The fourth-order valence-electron chi connectivity index (χ4n) is 3.16. The number of hydrogen-bond acceptors (Lipinski definition) is 3. The number of nitrogens with one attached hydrogen (secondary N) is 2. The molecule has 0 fully saturated rings. The number of anilines is 1. The molecule has 6 nitrogen and oxygen atoms in total. The molecule has 0 bridgehead atoms. The Bertz CT molecular complexity index is 1080. The van der Waals surface area contributed by atoms with Crippen molar-refractivity contribution < 1.29 is 9.18 Å². The van der Waals surface area contributed by atoms with Crippen molar-refractivity contribution in [3.63, 3.8) is 0 Å². The number of aromatic nitrogens is 2. The number of benzene rings is 2. The van der Waals surface area contributed by atoms with Crippen LogP contribution in [0.1, 0.15) is 32.5 Å². The highest BCUT2D eigenvalue weighted by molar-refractivity contribution is 6.31. The summed E-state index contributed by atoms with van der Waals surface area (Å²) in [4.78, 5) is 26.8. The first-order valence-corrected chi connectivity index (χ1v) is 9.65. The molecule has 0 aliphatic rings. The largest absolute Gasteiger partial charge is 0.322 e. The minimum atomic E-state index is -0.432. The Morgan fingerprint density at radius 1 is 1.17 bits per heavy atom. The van der Waals surface area contributed by atoms with E-state index in [1.807, 2.05) is 20.8 Å². The summed E-state index contributed by atoms with van der Waals surface area (Å²) in [5.41, 5.74) is 0.708. The van der Waals surface area contributed by atoms with Gasteiger partial charge in [0.05, 0.1) is 17.1 Å². The summed E-state index contributed by atoms with van der Waals surface area (Å²) >= 11 is 6.03. The zero-order chi connectivity index (χ0) is 21.1. The summed E-state index contributed by atoms with van der Waals surface area (Å²) in [6.07, 6.45) is 0. The Kier molecular flexibility index (Phi) is 6.17. The van der Waals surface area contributed by atoms with E-state index in [1.54, 1.807) is 23.1 Å². The zero-order valence-corrected chi connectivity index (χ0v) is 17.1. The second kappa shape index (κ2) is 8.61. The molecule has 3 rings (SSSR count). The van der Waals surface area contributed by atoms with Crippen molar-refractivity contribution >= 4 is 34.1 Å². The van der Waals surface area contributed by atoms with Gasteiger partial charge in [-0.05, 0) is 49.2 Å². The maximum absolute atomic E-state index is 13.1. The SMILES string of the molecule is CC(C)CN(C(=O)Nc1ccc(F)cc1)C(C)c1n[nH]c(=O)c2cc(Cl)ccc12. The van der Waals surface area contributed by atoms with E-state index in [4.69, 9.17) is 11.6 Å². The van der Waals surface area contributed by atoms with Gasteiger partial charge in [0.1, 0.15) is 5.82 Å². The van der Waals surface area contributed by atoms with Crippen molar-refractivity contribution in [2.45, 2.75) is 26.8 Å². The van der Waals surface area contributed by atoms with Gasteiger partial charge in [-0.3, -0.25) is 4.79 Å². The molecular formula is C21H22ClFN4O2. The first-order valence-electron chi connectivity index (χ1n) is 9.27. The van der Waals surface area contributed by atoms with Gasteiger partial charge in [-0.2, -0.15) is 5.10 Å². The van der Waals surface area contributed by atoms with E-state index in [0.717, 1.165) is 0 Å². The van der Waals surface area contributed by atoms with Crippen molar-refractivity contribution in [2.75, 3.05) is 11.9 Å². The van der Waals surface area contributed by atoms with E-state index >= 15 is 0 Å². The van der Waals surface area contributed by atoms with Crippen molar-refractivity contribution in [3.05, 3.63) is 69.4 Å². The third kappa shape index (κ3) is 4.74. The lowest BCUT2D eigenvalue weighted by atomic mass is 10.0. The maximum atomic E-state index is 13.1. The smallest absolute Gasteiger partial charge is 0.316 e. The van der Waals surface area contributed by atoms with Crippen LogP contribution in [0.3, 0.4) is 0 Å². The van der Waals surface area contributed by atoms with Crippen LogP contribution in [-0.2, 0) is 0 Å². The van der Waals surface area contributed by atoms with Crippen molar-refractivity contribution in [1.29, 1.82) is 0 Å². The number of urea groups is 1. The molecule has 0 saturated carbocycles. The van der Waals surface area contributed by atoms with Gasteiger partial charge in [0.2, 0.25) is 0 Å². The summed E-state index contributed by atoms with van der Waals surface area (Å²) in [5, 5.41) is 11.0. The minimum absolute atomic E-state index is 0.194. The fraction of sp³-hybridized carbons (Fsp3) is 0.286. The molecule has 1 unspecified atom stereocenters. The lowest BCUT2D eigenvalue weighted by Crippen LogP contribution is -2.40. The predicted octanol–water partition coefficient (Wildman–Crippen LogP) is 4.97. The molecule has 0 aliphatic carbocycles. The zero-order valence-electron chi connectivity index (χ0n) is 16.4. The second-order valence-corrected chi connectivity index (χ2v) is 7.72. The monoisotopic (exact) mass is 416 g/mol. The third-order valence-corrected chi connectivity index (χ3v) is 4.80. The van der Waals surface area contributed by atoms with Gasteiger partial charge >= 0.3 is 6.03 Å². The van der Waals surface area contributed by atoms with Crippen LogP contribution in [0, 0.1) is 11.7 Å². The molecule has 0 spiro atoms. The van der Waals surface area contributed by atoms with Crippen LogP contribution in [0.4, 0.5) is 14.9 Å². The molecule has 0 aliphatic heterocycles. The lowest BCUT2D eigenvalue weighted by Gasteiger charge is -2.31. The van der Waals surface area contributed by atoms with Crippen molar-refractivity contribution in [3.8, 4) is 0 Å². The van der Waals surface area contributed by atoms with Gasteiger partial charge in [0, 0.05) is 22.6 Å². The van der Waals surface area contributed by atoms with Gasteiger partial charge in [-0.15, -0.1) is 0 Å². The van der Waals surface area contributed by atoms with Crippen LogP contribution in [0.5, 0.6) is 0 Å². The number of rotatable bonds is 5. The summed E-state index contributed by atoms with van der Waals surface area (Å²) in [6.45, 7) is 6.32. The first kappa shape index (κ1) is 20.8. The number of hydrogen-bond donors (Lipinski definition) is 2. The molecule has 1 heterocycles. The fourth-order valence-corrected chi connectivity index (χ4v) is 3.34. The van der Waals surface area contributed by atoms with Crippen LogP contribution in [-0.4, -0.2) is 27.7 Å². The number of amides is 2. The Balaban J connectivity index is 1.97. The van der Waals surface area contributed by atoms with Crippen LogP contribution in [0.25, 0.3) is 10.8 Å². The molecule has 152 valence electrons. The van der Waals surface area contributed by atoms with E-state index in [9.17, 15) is 14.0 Å². The standard InChI is InChI=1S/C21H22ClFN4O2/c1-12(2)11-27(21(29)24-16-7-5-15(23)6-8-16)13(3)19-17-9-4-14(22)10-18(17)20(28)26-25-19/h4-10,12-13H,11H2,1-3H3,(H,24,29)(H,26,28). The van der Waals surface area contributed by atoms with Crippen molar-refractivity contribution in [2.24, 2.45) is 5.92 Å². The molecule has 2 aromatic carbocycles. The molecule has 1 aromatic heterocycles. The number of halogens is 2. The van der Waals surface area contributed by atoms with E-state index in [2.05, 4.69) is 15.5 Å². The van der Waals surface area contributed by atoms with Crippen LogP contribution in [0.15, 0.2) is 47.3 Å². The molecule has 0 radical (unpaired) electrons. The Hall–Kier alpha value is -2.93. The number of H-pyrrole nitrogens is 1. The molecular weight excluding hydrogens is 395 g/mol. The average molecular weight is 417 g/mol. The van der Waals surface area contributed by atoms with Crippen molar-refractivity contribution in [1.82, 2.24) is 15.1 Å². The lowest BCUT2D eigenvalue weighted by molar-refractivity contribution is 0.182. The summed E-state index contributed by atoms with van der Waals surface area (Å²) in [6, 6.07) is 9.80. The van der Waals surface area contributed by atoms with Gasteiger partial charge in [0.25, 0.3) is 5.56 Å². The van der Waals surface area contributed by atoms with Crippen LogP contribution < -0.4 is 10.9 Å². The minimum Gasteiger partial charge on any atom is -0.316 e. The van der Waals surface area contributed by atoms with Gasteiger partial charge in [-0.1, -0.05) is 31.5 Å². The second-order valence-electron chi connectivity index (χ2n) is 7.29. The summed E-state index contributed by atoms with van der Waals surface area (Å²) in [7, 11) is 0. The van der Waals surface area contributed by atoms with E-state index in [0.29, 0.717) is 33.7 Å². The van der Waals surface area contributed by atoms with Gasteiger partial charge in [-0.25, -0.2) is 14.3 Å². The number of aromatic amines is 1. The van der Waals surface area contributed by atoms with Crippen LogP contribution in [0.2, 0.25) is 5.02 Å². The van der Waals surface area contributed by atoms with E-state index in [-0.39, 0.29) is 23.3 Å². The average Bonchev–Trinajstić information content (AvgIpc) is 2.68. The highest BCUT2D eigenvalue weighted by Gasteiger charge is 2.26. The Morgan fingerprint density at radius 3 is 2.52 bits per heavy atom. The van der Waals surface area contributed by atoms with E-state index in [1.165, 1.54) is 24.3 Å². The maximum Gasteiger partial charge on any atom is 0.322 e. The quantitative estimate of drug-likeness (QED) is 0.616. The molecule has 0 saturated heterocycles. The molecule has 2 N–H and O–H groups in total. The molecule has 3 aromatic rings. The van der Waals surface area contributed by atoms with Gasteiger partial charge in [0.15, 0.2) is 0 Å². The number of carbonyl (C=O) groups excluding carboxylic acids is 1. The highest BCUT2D eigenvalue weighted by atomic mass is 35.5. The number of carbonyl (C=O) groups is 1. The summed E-state index contributed by atoms with van der Waals surface area (Å²) < 4.78 is 13.1. The summed E-state index contributed by atoms with van der Waals surface area (Å²) in [5.74, 6) is -0.183. The Labute approximate surface area is 172 Å². The molecule has 29 heavy (non-hydrogen) atoms. The van der Waals surface area contributed by atoms with Gasteiger partial charge < -0.3 is 10.2 Å². The highest BCUT2D eigenvalue weighted by Crippen LogP contribution is 2.27. The Morgan fingerprint density at radius 2 is 1.86 bits per heavy atom. The molecule has 8 heteroatoms.